The maximum Gasteiger partial charge on any atom is 0.0702 e. The molecule has 0 aromatic carbocycles. The molecule has 1 fully saturated rings. The summed E-state index contributed by atoms with van der Waals surface area (Å²) in [6.07, 6.45) is 4.01. The van der Waals surface area contributed by atoms with Crippen LogP contribution in [0.5, 0.6) is 0 Å². The normalized spacial score (nSPS) is 24.4. The summed E-state index contributed by atoms with van der Waals surface area (Å²) < 4.78 is 5.64. The van der Waals surface area contributed by atoms with E-state index in [4.69, 9.17) is 10.5 Å². The molecule has 2 atom stereocenters. The van der Waals surface area contributed by atoms with Crippen LogP contribution in [0.4, 0.5) is 0 Å². The Morgan fingerprint density at radius 1 is 1.57 bits per heavy atom. The van der Waals surface area contributed by atoms with Crippen LogP contribution in [0.3, 0.4) is 0 Å². The molecule has 0 spiro atoms. The Morgan fingerprint density at radius 2 is 2.36 bits per heavy atom. The van der Waals surface area contributed by atoms with Crippen LogP contribution in [0.2, 0.25) is 0 Å². The summed E-state index contributed by atoms with van der Waals surface area (Å²) in [7, 11) is 0. The van der Waals surface area contributed by atoms with Crippen LogP contribution in [0.25, 0.3) is 0 Å². The maximum atomic E-state index is 5.64. The van der Waals surface area contributed by atoms with Crippen molar-refractivity contribution in [3.8, 4) is 0 Å². The summed E-state index contributed by atoms with van der Waals surface area (Å²) in [5.41, 5.74) is 5.57. The van der Waals surface area contributed by atoms with Gasteiger partial charge in [-0.05, 0) is 39.3 Å². The number of nitrogens with zero attached hydrogens (tertiary/aromatic N) is 1. The Balaban J connectivity index is 2.29. The predicted molar refractivity (Wildman–Crippen MR) is 59.4 cm³/mol. The first-order valence-electron chi connectivity index (χ1n) is 5.83. The van der Waals surface area contributed by atoms with Crippen molar-refractivity contribution in [1.82, 2.24) is 4.90 Å². The molecule has 0 aromatic heterocycles. The van der Waals surface area contributed by atoms with Gasteiger partial charge in [-0.1, -0.05) is 6.92 Å². The van der Waals surface area contributed by atoms with E-state index in [9.17, 15) is 0 Å². The number of ether oxygens (including phenoxy) is 1. The second-order valence-corrected chi connectivity index (χ2v) is 4.15. The molecule has 2 unspecified atom stereocenters. The van der Waals surface area contributed by atoms with Crippen molar-refractivity contribution >= 4 is 0 Å². The number of nitrogens with two attached hydrogens (primary N) is 1. The molecular weight excluding hydrogens is 176 g/mol. The molecule has 0 bridgehead atoms. The van der Waals surface area contributed by atoms with E-state index in [-0.39, 0.29) is 0 Å². The standard InChI is InChI=1S/C11H24N2O/c1-3-13(10(2)6-7-12)9-11-5-4-8-14-11/h10-11H,3-9,12H2,1-2H3. The van der Waals surface area contributed by atoms with Crippen molar-refractivity contribution in [1.29, 1.82) is 0 Å². The van der Waals surface area contributed by atoms with E-state index in [1.807, 2.05) is 0 Å². The highest BCUT2D eigenvalue weighted by Gasteiger charge is 2.20. The van der Waals surface area contributed by atoms with Crippen molar-refractivity contribution in [3.05, 3.63) is 0 Å². The van der Waals surface area contributed by atoms with E-state index in [2.05, 4.69) is 18.7 Å². The van der Waals surface area contributed by atoms with Gasteiger partial charge in [-0.15, -0.1) is 0 Å². The van der Waals surface area contributed by atoms with Gasteiger partial charge in [0.05, 0.1) is 6.10 Å². The lowest BCUT2D eigenvalue weighted by molar-refractivity contribution is 0.0609. The summed E-state index contributed by atoms with van der Waals surface area (Å²) in [5, 5.41) is 0. The zero-order chi connectivity index (χ0) is 10.4. The average molecular weight is 200 g/mol. The SMILES string of the molecule is CCN(CC1CCCO1)C(C)CCN. The van der Waals surface area contributed by atoms with Gasteiger partial charge < -0.3 is 10.5 Å². The Hall–Kier alpha value is -0.120. The van der Waals surface area contributed by atoms with E-state index in [0.29, 0.717) is 12.1 Å². The van der Waals surface area contributed by atoms with Crippen molar-refractivity contribution in [2.75, 3.05) is 26.2 Å². The van der Waals surface area contributed by atoms with Crippen LogP contribution in [-0.4, -0.2) is 43.3 Å². The molecule has 0 amide bonds. The molecule has 1 rings (SSSR count). The lowest BCUT2D eigenvalue weighted by atomic mass is 10.1. The van der Waals surface area contributed by atoms with Crippen LogP contribution in [-0.2, 0) is 4.74 Å². The quantitative estimate of drug-likeness (QED) is 0.701. The van der Waals surface area contributed by atoms with E-state index in [1.165, 1.54) is 12.8 Å². The van der Waals surface area contributed by atoms with Crippen LogP contribution < -0.4 is 5.73 Å². The van der Waals surface area contributed by atoms with Gasteiger partial charge in [0, 0.05) is 19.2 Å². The summed E-state index contributed by atoms with van der Waals surface area (Å²) in [6.45, 7) is 8.38. The van der Waals surface area contributed by atoms with Crippen molar-refractivity contribution in [3.63, 3.8) is 0 Å². The van der Waals surface area contributed by atoms with E-state index in [1.54, 1.807) is 0 Å². The zero-order valence-electron chi connectivity index (χ0n) is 9.54. The van der Waals surface area contributed by atoms with Gasteiger partial charge in [0.15, 0.2) is 0 Å². The zero-order valence-corrected chi connectivity index (χ0v) is 9.54. The Labute approximate surface area is 87.6 Å². The molecule has 1 aliphatic rings. The Morgan fingerprint density at radius 3 is 2.86 bits per heavy atom. The number of hydrogen-bond donors (Lipinski definition) is 1. The number of likely N-dealkylation sites (N-methyl/N-ethyl adjacent to an activating group) is 1. The molecule has 2 N–H and O–H groups in total. The minimum Gasteiger partial charge on any atom is -0.377 e. The molecule has 0 radical (unpaired) electrons. The molecule has 1 aliphatic heterocycles. The van der Waals surface area contributed by atoms with Gasteiger partial charge in [-0.3, -0.25) is 4.90 Å². The highest BCUT2D eigenvalue weighted by Crippen LogP contribution is 2.15. The molecule has 0 saturated carbocycles. The second-order valence-electron chi connectivity index (χ2n) is 4.15. The van der Waals surface area contributed by atoms with E-state index >= 15 is 0 Å². The highest BCUT2D eigenvalue weighted by molar-refractivity contribution is 4.74. The first-order valence-corrected chi connectivity index (χ1v) is 5.83. The molecule has 1 saturated heterocycles. The van der Waals surface area contributed by atoms with Crippen molar-refractivity contribution < 1.29 is 4.74 Å². The molecule has 0 aromatic rings. The molecule has 3 nitrogen and oxygen atoms in total. The van der Waals surface area contributed by atoms with Gasteiger partial charge in [0.1, 0.15) is 0 Å². The lowest BCUT2D eigenvalue weighted by Crippen LogP contribution is -2.39. The fourth-order valence-electron chi connectivity index (χ4n) is 2.09. The first kappa shape index (κ1) is 12.0. The molecule has 1 heterocycles. The summed E-state index contributed by atoms with van der Waals surface area (Å²) in [4.78, 5) is 2.48. The van der Waals surface area contributed by atoms with Crippen LogP contribution in [0.1, 0.15) is 33.1 Å². The first-order chi connectivity index (χ1) is 6.77. The van der Waals surface area contributed by atoms with E-state index in [0.717, 1.165) is 32.7 Å². The summed E-state index contributed by atoms with van der Waals surface area (Å²) in [5.74, 6) is 0. The maximum absolute atomic E-state index is 5.64. The smallest absolute Gasteiger partial charge is 0.0702 e. The fourth-order valence-corrected chi connectivity index (χ4v) is 2.09. The topological polar surface area (TPSA) is 38.5 Å². The number of rotatable bonds is 6. The number of hydrogen-bond acceptors (Lipinski definition) is 3. The minimum absolute atomic E-state index is 0.468. The second kappa shape index (κ2) is 6.38. The molecular formula is C11H24N2O. The Kier molecular flexibility index (Phi) is 5.45. The van der Waals surface area contributed by atoms with Gasteiger partial charge in [-0.25, -0.2) is 0 Å². The third-order valence-electron chi connectivity index (χ3n) is 3.08. The lowest BCUT2D eigenvalue weighted by Gasteiger charge is -2.29. The van der Waals surface area contributed by atoms with Gasteiger partial charge in [0.2, 0.25) is 0 Å². The monoisotopic (exact) mass is 200 g/mol. The Bertz CT molecular complexity index is 146. The van der Waals surface area contributed by atoms with Crippen LogP contribution in [0.15, 0.2) is 0 Å². The minimum atomic E-state index is 0.468. The third-order valence-corrected chi connectivity index (χ3v) is 3.08. The van der Waals surface area contributed by atoms with Crippen LogP contribution >= 0.6 is 0 Å². The largest absolute Gasteiger partial charge is 0.377 e. The van der Waals surface area contributed by atoms with Gasteiger partial charge in [0.25, 0.3) is 0 Å². The van der Waals surface area contributed by atoms with E-state index < -0.39 is 0 Å². The summed E-state index contributed by atoms with van der Waals surface area (Å²) in [6, 6.07) is 0.592. The van der Waals surface area contributed by atoms with Gasteiger partial charge >= 0.3 is 0 Å². The predicted octanol–water partition coefficient (Wildman–Crippen LogP) is 1.22. The molecule has 0 aliphatic carbocycles. The fraction of sp³-hybridized carbons (Fsp3) is 1.00. The van der Waals surface area contributed by atoms with Crippen molar-refractivity contribution in [2.24, 2.45) is 5.73 Å². The highest BCUT2D eigenvalue weighted by atomic mass is 16.5. The average Bonchev–Trinajstić information content (AvgIpc) is 2.66. The van der Waals surface area contributed by atoms with Crippen molar-refractivity contribution in [2.45, 2.75) is 45.3 Å². The molecule has 84 valence electrons. The summed E-state index contributed by atoms with van der Waals surface area (Å²) >= 11 is 0. The van der Waals surface area contributed by atoms with Gasteiger partial charge in [-0.2, -0.15) is 0 Å². The molecule has 14 heavy (non-hydrogen) atoms. The molecule has 3 heteroatoms. The third kappa shape index (κ3) is 3.56. The van der Waals surface area contributed by atoms with Crippen LogP contribution in [0, 0.1) is 0 Å².